The van der Waals surface area contributed by atoms with Crippen LogP contribution >= 0.6 is 10.7 Å². The van der Waals surface area contributed by atoms with Crippen LogP contribution in [-0.4, -0.2) is 18.6 Å². The third kappa shape index (κ3) is 2.13. The molecule has 0 fully saturated rings. The summed E-state index contributed by atoms with van der Waals surface area (Å²) in [6, 6.07) is 0. The highest BCUT2D eigenvalue weighted by Crippen LogP contribution is 2.33. The Morgan fingerprint density at radius 1 is 1.46 bits per heavy atom. The number of hydrogen-bond acceptors (Lipinski definition) is 3. The van der Waals surface area contributed by atoms with Crippen LogP contribution in [0.1, 0.15) is 5.56 Å². The molecule has 74 valence electrons. The van der Waals surface area contributed by atoms with Crippen molar-refractivity contribution in [1.82, 2.24) is 10.2 Å². The number of alkyl halides is 3. The summed E-state index contributed by atoms with van der Waals surface area (Å²) in [4.78, 5) is 0. The van der Waals surface area contributed by atoms with Gasteiger partial charge in [-0.15, -0.1) is 0 Å². The van der Waals surface area contributed by atoms with Gasteiger partial charge >= 0.3 is 6.18 Å². The quantitative estimate of drug-likeness (QED) is 0.746. The molecule has 0 radical (unpaired) electrons. The number of H-pyrrole nitrogens is 1. The minimum Gasteiger partial charge on any atom is -0.266 e. The van der Waals surface area contributed by atoms with E-state index in [9.17, 15) is 21.6 Å². The van der Waals surface area contributed by atoms with Crippen molar-refractivity contribution in [2.45, 2.75) is 11.2 Å². The summed E-state index contributed by atoms with van der Waals surface area (Å²) in [6.45, 7) is 0. The van der Waals surface area contributed by atoms with Crippen LogP contribution in [0, 0.1) is 0 Å². The first kappa shape index (κ1) is 10.3. The van der Waals surface area contributed by atoms with Crippen molar-refractivity contribution in [3.05, 3.63) is 11.8 Å². The SMILES string of the molecule is O=S(=O)(Cl)c1[nH]ncc1C(F)(F)F. The molecule has 0 aliphatic rings. The number of aromatic nitrogens is 2. The van der Waals surface area contributed by atoms with Crippen molar-refractivity contribution in [1.29, 1.82) is 0 Å². The number of rotatable bonds is 1. The first-order valence-corrected chi connectivity index (χ1v) is 5.09. The molecule has 0 unspecified atom stereocenters. The van der Waals surface area contributed by atoms with Crippen LogP contribution in [0.3, 0.4) is 0 Å². The Labute approximate surface area is 75.1 Å². The fourth-order valence-corrected chi connectivity index (χ4v) is 1.61. The largest absolute Gasteiger partial charge is 0.420 e. The highest BCUT2D eigenvalue weighted by molar-refractivity contribution is 8.13. The predicted octanol–water partition coefficient (Wildman–Crippen LogP) is 1.36. The average molecular weight is 235 g/mol. The molecule has 9 heteroatoms. The molecule has 0 aliphatic heterocycles. The van der Waals surface area contributed by atoms with E-state index in [4.69, 9.17) is 10.7 Å². The molecule has 0 aliphatic carbocycles. The van der Waals surface area contributed by atoms with E-state index in [2.05, 4.69) is 5.10 Å². The van der Waals surface area contributed by atoms with Gasteiger partial charge in [0.1, 0.15) is 5.56 Å². The number of halogens is 4. The standard InChI is InChI=1S/C4H2ClF3N2O2S/c5-13(11,12)3-2(1-9-10-3)4(6,7)8/h1H,(H,9,10). The van der Waals surface area contributed by atoms with E-state index in [1.54, 1.807) is 5.10 Å². The van der Waals surface area contributed by atoms with Crippen LogP contribution in [0.15, 0.2) is 11.2 Å². The first-order valence-electron chi connectivity index (χ1n) is 2.78. The molecule has 1 N–H and O–H groups in total. The van der Waals surface area contributed by atoms with E-state index in [1.165, 1.54) is 0 Å². The lowest BCUT2D eigenvalue weighted by Crippen LogP contribution is -2.08. The predicted molar refractivity (Wildman–Crippen MR) is 36.6 cm³/mol. The second-order valence-corrected chi connectivity index (χ2v) is 4.55. The maximum Gasteiger partial charge on any atom is 0.420 e. The zero-order valence-corrected chi connectivity index (χ0v) is 7.33. The zero-order chi connectivity index (χ0) is 10.3. The van der Waals surface area contributed by atoms with Crippen LogP contribution in [0.2, 0.25) is 0 Å². The van der Waals surface area contributed by atoms with Crippen LogP contribution in [-0.2, 0) is 15.2 Å². The zero-order valence-electron chi connectivity index (χ0n) is 5.76. The molecule has 1 heterocycles. The van der Waals surface area contributed by atoms with E-state index in [0.717, 1.165) is 0 Å². The first-order chi connectivity index (χ1) is 5.73. The summed E-state index contributed by atoms with van der Waals surface area (Å²) >= 11 is 0. The lowest BCUT2D eigenvalue weighted by molar-refractivity contribution is -0.139. The Hall–Kier alpha value is -0.760. The van der Waals surface area contributed by atoms with Crippen LogP contribution in [0.4, 0.5) is 13.2 Å². The Bertz CT molecular complexity index is 409. The van der Waals surface area contributed by atoms with E-state index >= 15 is 0 Å². The summed E-state index contributed by atoms with van der Waals surface area (Å²) in [5.74, 6) is 0. The Morgan fingerprint density at radius 3 is 2.31 bits per heavy atom. The van der Waals surface area contributed by atoms with Crippen molar-refractivity contribution in [3.8, 4) is 0 Å². The molecular formula is C4H2ClF3N2O2S. The van der Waals surface area contributed by atoms with Gasteiger partial charge in [-0.2, -0.15) is 18.3 Å². The van der Waals surface area contributed by atoms with Crippen molar-refractivity contribution in [2.24, 2.45) is 0 Å². The minimum atomic E-state index is -4.79. The smallest absolute Gasteiger partial charge is 0.266 e. The molecule has 0 aromatic carbocycles. The van der Waals surface area contributed by atoms with Gasteiger partial charge in [0.25, 0.3) is 9.05 Å². The Kier molecular flexibility index (Phi) is 2.28. The van der Waals surface area contributed by atoms with E-state index in [1.807, 2.05) is 0 Å². The lowest BCUT2D eigenvalue weighted by atomic mass is 10.4. The normalized spacial score (nSPS) is 13.2. The van der Waals surface area contributed by atoms with Crippen LogP contribution < -0.4 is 0 Å². The molecule has 0 spiro atoms. The van der Waals surface area contributed by atoms with Crippen LogP contribution in [0.25, 0.3) is 0 Å². The van der Waals surface area contributed by atoms with Crippen molar-refractivity contribution in [2.75, 3.05) is 0 Å². The molecular weight excluding hydrogens is 233 g/mol. The molecule has 0 saturated carbocycles. The summed E-state index contributed by atoms with van der Waals surface area (Å²) in [5.41, 5.74) is -1.40. The van der Waals surface area contributed by atoms with E-state index in [-0.39, 0.29) is 0 Å². The van der Waals surface area contributed by atoms with Gasteiger partial charge in [-0.1, -0.05) is 0 Å². The van der Waals surface area contributed by atoms with E-state index < -0.39 is 25.8 Å². The lowest BCUT2D eigenvalue weighted by Gasteiger charge is -2.03. The second kappa shape index (κ2) is 2.88. The van der Waals surface area contributed by atoms with Crippen molar-refractivity contribution in [3.63, 3.8) is 0 Å². The van der Waals surface area contributed by atoms with Gasteiger partial charge in [0, 0.05) is 10.7 Å². The van der Waals surface area contributed by atoms with Gasteiger partial charge < -0.3 is 0 Å². The topological polar surface area (TPSA) is 62.8 Å². The fraction of sp³-hybridized carbons (Fsp3) is 0.250. The molecule has 1 aromatic heterocycles. The Morgan fingerprint density at radius 2 is 2.00 bits per heavy atom. The molecule has 0 atom stereocenters. The second-order valence-electron chi connectivity index (χ2n) is 2.05. The summed E-state index contributed by atoms with van der Waals surface area (Å²) in [6.07, 6.45) is -4.43. The fourth-order valence-electron chi connectivity index (χ4n) is 0.662. The van der Waals surface area contributed by atoms with Crippen molar-refractivity contribution >= 4 is 19.7 Å². The maximum absolute atomic E-state index is 12.0. The summed E-state index contributed by atoms with van der Waals surface area (Å²) in [5, 5.41) is 3.47. The van der Waals surface area contributed by atoms with Gasteiger partial charge in [0.2, 0.25) is 0 Å². The molecule has 0 bridgehead atoms. The average Bonchev–Trinajstić information content (AvgIpc) is 2.27. The number of hydrogen-bond donors (Lipinski definition) is 1. The third-order valence-corrected chi connectivity index (χ3v) is 2.42. The van der Waals surface area contributed by atoms with Gasteiger partial charge in [0.15, 0.2) is 5.03 Å². The van der Waals surface area contributed by atoms with Gasteiger partial charge in [-0.05, 0) is 0 Å². The number of aromatic amines is 1. The maximum atomic E-state index is 12.0. The highest BCUT2D eigenvalue weighted by atomic mass is 35.7. The monoisotopic (exact) mass is 234 g/mol. The van der Waals surface area contributed by atoms with E-state index in [0.29, 0.717) is 6.20 Å². The number of nitrogens with zero attached hydrogens (tertiary/aromatic N) is 1. The summed E-state index contributed by atoms with van der Waals surface area (Å²) < 4.78 is 57.2. The minimum absolute atomic E-state index is 0.356. The van der Waals surface area contributed by atoms with Gasteiger partial charge in [0.05, 0.1) is 6.20 Å². The molecule has 1 aromatic rings. The van der Waals surface area contributed by atoms with Gasteiger partial charge in [-0.3, -0.25) is 5.10 Å². The van der Waals surface area contributed by atoms with Gasteiger partial charge in [-0.25, -0.2) is 8.42 Å². The number of nitrogens with one attached hydrogen (secondary N) is 1. The molecule has 1 rings (SSSR count). The molecule has 0 amide bonds. The Balaban J connectivity index is 3.35. The summed E-state index contributed by atoms with van der Waals surface area (Å²) in [7, 11) is 0.273. The molecule has 0 saturated heterocycles. The highest BCUT2D eigenvalue weighted by Gasteiger charge is 2.38. The molecule has 4 nitrogen and oxygen atoms in total. The molecule has 13 heavy (non-hydrogen) atoms. The van der Waals surface area contributed by atoms with Crippen molar-refractivity contribution < 1.29 is 21.6 Å². The third-order valence-electron chi connectivity index (χ3n) is 1.15. The van der Waals surface area contributed by atoms with Crippen LogP contribution in [0.5, 0.6) is 0 Å².